The van der Waals surface area contributed by atoms with Crippen LogP contribution in [-0.4, -0.2) is 55.8 Å². The Hall–Kier alpha value is -1.77. The maximum atomic E-state index is 12.5. The first-order valence-electron chi connectivity index (χ1n) is 9.74. The monoisotopic (exact) mass is 500 g/mol. The van der Waals surface area contributed by atoms with E-state index in [4.69, 9.17) is 51.8 Å². The number of carbonyl (C=O) groups is 1. The third kappa shape index (κ3) is 5.93. The molecule has 31 heavy (non-hydrogen) atoms. The number of piperazine rings is 1. The molecule has 0 aliphatic carbocycles. The summed E-state index contributed by atoms with van der Waals surface area (Å²) in [6, 6.07) is 8.57. The van der Waals surface area contributed by atoms with Crippen LogP contribution < -0.4 is 20.3 Å². The van der Waals surface area contributed by atoms with Gasteiger partial charge in [-0.05, 0) is 49.1 Å². The number of halogens is 3. The average Bonchev–Trinajstić information content (AvgIpc) is 2.73. The quantitative estimate of drug-likeness (QED) is 0.567. The van der Waals surface area contributed by atoms with E-state index in [2.05, 4.69) is 27.4 Å². The second-order valence-electron chi connectivity index (χ2n) is 6.97. The number of hydrogen-bond donors (Lipinski definition) is 2. The van der Waals surface area contributed by atoms with E-state index in [9.17, 15) is 4.79 Å². The average molecular weight is 502 g/mol. The van der Waals surface area contributed by atoms with Crippen LogP contribution in [0.4, 0.5) is 11.4 Å². The van der Waals surface area contributed by atoms with Crippen molar-refractivity contribution in [2.75, 3.05) is 50.1 Å². The normalized spacial score (nSPS) is 14.3. The van der Waals surface area contributed by atoms with Crippen LogP contribution in [-0.2, 0) is 0 Å². The van der Waals surface area contributed by atoms with E-state index in [1.807, 2.05) is 12.1 Å². The molecule has 2 aromatic rings. The molecule has 0 atom stereocenters. The van der Waals surface area contributed by atoms with E-state index < -0.39 is 5.91 Å². The van der Waals surface area contributed by atoms with Crippen molar-refractivity contribution in [1.82, 2.24) is 10.2 Å². The predicted molar refractivity (Wildman–Crippen MR) is 132 cm³/mol. The van der Waals surface area contributed by atoms with Crippen LogP contribution in [0.1, 0.15) is 17.3 Å². The van der Waals surface area contributed by atoms with Gasteiger partial charge in [-0.1, -0.05) is 41.7 Å². The molecule has 1 heterocycles. The van der Waals surface area contributed by atoms with Gasteiger partial charge in [0.25, 0.3) is 5.91 Å². The summed E-state index contributed by atoms with van der Waals surface area (Å²) in [5.74, 6) is -0.133. The predicted octanol–water partition coefficient (Wildman–Crippen LogP) is 4.92. The van der Waals surface area contributed by atoms with E-state index in [0.29, 0.717) is 16.5 Å². The molecule has 10 heteroatoms. The summed E-state index contributed by atoms with van der Waals surface area (Å²) in [5.41, 5.74) is 1.93. The Morgan fingerprint density at radius 1 is 1.06 bits per heavy atom. The highest BCUT2D eigenvalue weighted by atomic mass is 35.5. The number of anilines is 2. The Balaban J connectivity index is 1.62. The van der Waals surface area contributed by atoms with E-state index in [1.165, 1.54) is 19.2 Å². The summed E-state index contributed by atoms with van der Waals surface area (Å²) in [6.45, 7) is 7.12. The van der Waals surface area contributed by atoms with E-state index in [0.717, 1.165) is 38.4 Å². The van der Waals surface area contributed by atoms with Gasteiger partial charge in [0.15, 0.2) is 10.9 Å². The highest BCUT2D eigenvalue weighted by Crippen LogP contribution is 2.34. The standard InChI is InChI=1S/C21H23Cl3N4O2S/c1-3-27-6-8-28(9-7-27)18-5-4-14(12-15(18)22)25-21(31)26-20(29)13-10-16(23)19(30-2)17(24)11-13/h4-5,10-12H,3,6-9H2,1-2H3,(H2,25,26,29,31). The maximum absolute atomic E-state index is 12.5. The van der Waals surface area contributed by atoms with Crippen LogP contribution in [0.5, 0.6) is 5.75 Å². The number of methoxy groups -OCH3 is 1. The molecule has 1 aliphatic heterocycles. The Morgan fingerprint density at radius 3 is 2.26 bits per heavy atom. The summed E-state index contributed by atoms with van der Waals surface area (Å²) in [7, 11) is 1.45. The van der Waals surface area contributed by atoms with Crippen molar-refractivity contribution < 1.29 is 9.53 Å². The first-order chi connectivity index (χ1) is 14.8. The molecule has 0 radical (unpaired) electrons. The molecule has 3 rings (SSSR count). The number of nitrogens with zero attached hydrogens (tertiary/aromatic N) is 2. The fourth-order valence-corrected chi connectivity index (χ4v) is 4.52. The minimum absolute atomic E-state index is 0.133. The molecule has 2 aromatic carbocycles. The highest BCUT2D eigenvalue weighted by molar-refractivity contribution is 7.80. The number of rotatable bonds is 5. The Labute approximate surface area is 202 Å². The molecule has 6 nitrogen and oxygen atoms in total. The van der Waals surface area contributed by atoms with E-state index in [1.54, 1.807) is 6.07 Å². The zero-order chi connectivity index (χ0) is 22.5. The van der Waals surface area contributed by atoms with E-state index in [-0.39, 0.29) is 20.7 Å². The van der Waals surface area contributed by atoms with E-state index >= 15 is 0 Å². The third-order valence-corrected chi connectivity index (χ3v) is 6.13. The molecule has 0 spiro atoms. The van der Waals surface area contributed by atoms with Crippen LogP contribution in [0.2, 0.25) is 15.1 Å². The summed E-state index contributed by atoms with van der Waals surface area (Å²) < 4.78 is 5.09. The lowest BCUT2D eigenvalue weighted by Gasteiger charge is -2.36. The van der Waals surface area contributed by atoms with Crippen LogP contribution in [0.25, 0.3) is 0 Å². The topological polar surface area (TPSA) is 56.8 Å². The number of ether oxygens (including phenoxy) is 1. The zero-order valence-electron chi connectivity index (χ0n) is 17.2. The minimum Gasteiger partial charge on any atom is -0.494 e. The number of carbonyl (C=O) groups excluding carboxylic acids is 1. The zero-order valence-corrected chi connectivity index (χ0v) is 20.3. The number of likely N-dealkylation sites (N-methyl/N-ethyl adjacent to an activating group) is 1. The van der Waals surface area contributed by atoms with Gasteiger partial charge in [-0.3, -0.25) is 10.1 Å². The van der Waals surface area contributed by atoms with Gasteiger partial charge >= 0.3 is 0 Å². The first-order valence-corrected chi connectivity index (χ1v) is 11.3. The molecular weight excluding hydrogens is 479 g/mol. The van der Waals surface area contributed by atoms with Crippen LogP contribution in [0.3, 0.4) is 0 Å². The van der Waals surface area contributed by atoms with Crippen molar-refractivity contribution in [2.45, 2.75) is 6.92 Å². The summed E-state index contributed by atoms with van der Waals surface area (Å²) in [4.78, 5) is 17.2. The molecule has 0 unspecified atom stereocenters. The number of amides is 1. The third-order valence-electron chi connectivity index (χ3n) is 5.06. The minimum atomic E-state index is -0.444. The lowest BCUT2D eigenvalue weighted by molar-refractivity contribution is 0.0977. The van der Waals surface area contributed by atoms with Gasteiger partial charge in [0, 0.05) is 37.4 Å². The molecule has 166 valence electrons. The molecule has 0 aromatic heterocycles. The van der Waals surface area contributed by atoms with Crippen LogP contribution in [0, 0.1) is 0 Å². The second-order valence-corrected chi connectivity index (χ2v) is 8.60. The fourth-order valence-electron chi connectivity index (χ4n) is 3.37. The van der Waals surface area contributed by atoms with Crippen LogP contribution in [0.15, 0.2) is 30.3 Å². The molecule has 0 bridgehead atoms. The van der Waals surface area contributed by atoms with Crippen molar-refractivity contribution in [3.8, 4) is 5.75 Å². The number of thiocarbonyl (C=S) groups is 1. The highest BCUT2D eigenvalue weighted by Gasteiger charge is 2.18. The lowest BCUT2D eigenvalue weighted by atomic mass is 10.2. The molecule has 1 amide bonds. The summed E-state index contributed by atoms with van der Waals surface area (Å²) in [5, 5.41) is 6.82. The maximum Gasteiger partial charge on any atom is 0.257 e. The first kappa shape index (κ1) is 23.9. The SMILES string of the molecule is CCN1CCN(c2ccc(NC(=S)NC(=O)c3cc(Cl)c(OC)c(Cl)c3)cc2Cl)CC1. The second kappa shape index (κ2) is 10.7. The largest absolute Gasteiger partial charge is 0.494 e. The van der Waals surface area contributed by atoms with Crippen molar-refractivity contribution in [3.63, 3.8) is 0 Å². The molecular formula is C21H23Cl3N4O2S. The number of nitrogens with one attached hydrogen (secondary N) is 2. The molecule has 1 aliphatic rings. The van der Waals surface area contributed by atoms with Crippen molar-refractivity contribution in [2.24, 2.45) is 0 Å². The molecule has 0 saturated carbocycles. The van der Waals surface area contributed by atoms with Crippen LogP contribution >= 0.6 is 47.0 Å². The Bertz CT molecular complexity index is 958. The van der Waals surface area contributed by atoms with Gasteiger partial charge in [0.05, 0.1) is 27.9 Å². The molecule has 2 N–H and O–H groups in total. The Morgan fingerprint density at radius 2 is 1.71 bits per heavy atom. The van der Waals surface area contributed by atoms with Gasteiger partial charge in [-0.15, -0.1) is 0 Å². The smallest absolute Gasteiger partial charge is 0.257 e. The molecule has 1 saturated heterocycles. The van der Waals surface area contributed by atoms with Crippen molar-refractivity contribution >= 4 is 69.4 Å². The summed E-state index contributed by atoms with van der Waals surface area (Å²) in [6.07, 6.45) is 0. The molecule has 1 fully saturated rings. The summed E-state index contributed by atoms with van der Waals surface area (Å²) >= 11 is 24.0. The number of hydrogen-bond acceptors (Lipinski definition) is 5. The van der Waals surface area contributed by atoms with Gasteiger partial charge in [0.2, 0.25) is 0 Å². The Kier molecular flexibility index (Phi) is 8.24. The van der Waals surface area contributed by atoms with Gasteiger partial charge < -0.3 is 19.9 Å². The number of benzene rings is 2. The van der Waals surface area contributed by atoms with Gasteiger partial charge in [-0.25, -0.2) is 0 Å². The van der Waals surface area contributed by atoms with Crippen molar-refractivity contribution in [3.05, 3.63) is 51.0 Å². The van der Waals surface area contributed by atoms with Gasteiger partial charge in [0.1, 0.15) is 0 Å². The van der Waals surface area contributed by atoms with Gasteiger partial charge in [-0.2, -0.15) is 0 Å². The lowest BCUT2D eigenvalue weighted by Crippen LogP contribution is -2.46. The fraction of sp³-hybridized carbons (Fsp3) is 0.333. The van der Waals surface area contributed by atoms with Crippen molar-refractivity contribution in [1.29, 1.82) is 0 Å².